The highest BCUT2D eigenvalue weighted by atomic mass is 16.5. The lowest BCUT2D eigenvalue weighted by atomic mass is 9.99. The normalized spacial score (nSPS) is 15.5. The number of nitrogens with zero attached hydrogens (tertiary/aromatic N) is 3. The summed E-state index contributed by atoms with van der Waals surface area (Å²) in [7, 11) is 0. The zero-order chi connectivity index (χ0) is 31.5. The van der Waals surface area contributed by atoms with Crippen LogP contribution in [0.25, 0.3) is 0 Å². The highest BCUT2D eigenvalue weighted by molar-refractivity contribution is 6.27. The number of aryl methyl sites for hydroxylation is 2. The van der Waals surface area contributed by atoms with E-state index in [0.717, 1.165) is 56.0 Å². The zero-order valence-corrected chi connectivity index (χ0v) is 25.1. The number of fused-ring (bicyclic) bond motifs is 1. The summed E-state index contributed by atoms with van der Waals surface area (Å²) in [5.41, 5.74) is 5.86. The van der Waals surface area contributed by atoms with E-state index in [1.54, 1.807) is 0 Å². The predicted octanol–water partition coefficient (Wildman–Crippen LogP) is 3.62. The maximum absolute atomic E-state index is 12.8. The van der Waals surface area contributed by atoms with E-state index in [2.05, 4.69) is 65.3 Å². The van der Waals surface area contributed by atoms with E-state index >= 15 is 0 Å². The van der Waals surface area contributed by atoms with Crippen LogP contribution < -0.4 is 14.5 Å². The first kappa shape index (κ1) is 32.5. The number of ether oxygens (including phenoxy) is 1. The molecule has 2 aliphatic rings. The smallest absolute Gasteiger partial charge is 0.414 e. The number of anilines is 2. The molecule has 1 amide bonds. The van der Waals surface area contributed by atoms with Crippen LogP contribution in [0.3, 0.4) is 0 Å². The molecule has 0 saturated carbocycles. The standard InChI is InChI=1S/C32H39N3O3.C2H2O4/c1-25-12-14-27(15-13-25)34-21-19-33(20-22-34)23-28(36)24-38-31-11-5-10-30-29(31)16-17-32(37)35(30)18-6-9-26-7-3-2-4-8-26;3-1(4)2(5)6/h2-5,7-8,10-15,28,36H,6,9,16-24H2,1H3;(H,3,4)(H,5,6). The average molecular weight is 604 g/mol. The van der Waals surface area contributed by atoms with Crippen molar-refractivity contribution in [1.29, 1.82) is 0 Å². The van der Waals surface area contributed by atoms with Crippen molar-refractivity contribution in [3.8, 4) is 5.75 Å². The Labute approximate surface area is 258 Å². The first-order valence-electron chi connectivity index (χ1n) is 15.0. The summed E-state index contributed by atoms with van der Waals surface area (Å²) < 4.78 is 6.14. The zero-order valence-electron chi connectivity index (χ0n) is 25.1. The number of carboxylic acids is 2. The van der Waals surface area contributed by atoms with E-state index in [9.17, 15) is 9.90 Å². The molecule has 1 fully saturated rings. The van der Waals surface area contributed by atoms with Gasteiger partial charge in [-0.1, -0.05) is 54.1 Å². The summed E-state index contributed by atoms with van der Waals surface area (Å²) >= 11 is 0. The number of aliphatic carboxylic acids is 2. The van der Waals surface area contributed by atoms with Crippen molar-refractivity contribution in [3.63, 3.8) is 0 Å². The molecule has 3 aromatic rings. The van der Waals surface area contributed by atoms with E-state index in [-0.39, 0.29) is 12.5 Å². The molecule has 1 atom stereocenters. The molecule has 234 valence electrons. The number of benzene rings is 3. The first-order valence-corrected chi connectivity index (χ1v) is 15.0. The van der Waals surface area contributed by atoms with E-state index in [1.165, 1.54) is 16.8 Å². The predicted molar refractivity (Wildman–Crippen MR) is 168 cm³/mol. The number of hydrogen-bond donors (Lipinski definition) is 3. The van der Waals surface area contributed by atoms with Gasteiger partial charge in [0, 0.05) is 56.9 Å². The molecule has 44 heavy (non-hydrogen) atoms. The number of aliphatic hydroxyl groups excluding tert-OH is 1. The van der Waals surface area contributed by atoms with Crippen molar-refractivity contribution in [2.24, 2.45) is 0 Å². The molecule has 0 aliphatic carbocycles. The van der Waals surface area contributed by atoms with Crippen molar-refractivity contribution < 1.29 is 34.4 Å². The Morgan fingerprint density at radius 3 is 2.20 bits per heavy atom. The molecule has 5 rings (SSSR count). The number of β-amino-alcohol motifs (C(OH)–C–C–N with tert-alkyl or cyclic N) is 1. The van der Waals surface area contributed by atoms with Gasteiger partial charge >= 0.3 is 11.9 Å². The molecule has 0 bridgehead atoms. The maximum atomic E-state index is 12.8. The van der Waals surface area contributed by atoms with E-state index < -0.39 is 18.0 Å². The second-order valence-electron chi connectivity index (χ2n) is 11.1. The third kappa shape index (κ3) is 9.29. The lowest BCUT2D eigenvalue weighted by Crippen LogP contribution is -2.49. The van der Waals surface area contributed by atoms with Crippen molar-refractivity contribution in [1.82, 2.24) is 4.90 Å². The second-order valence-corrected chi connectivity index (χ2v) is 11.1. The van der Waals surface area contributed by atoms with Crippen molar-refractivity contribution in [2.45, 2.75) is 38.7 Å². The fourth-order valence-corrected chi connectivity index (χ4v) is 5.51. The van der Waals surface area contributed by atoms with Gasteiger partial charge in [0.1, 0.15) is 18.5 Å². The minimum Gasteiger partial charge on any atom is -0.490 e. The summed E-state index contributed by atoms with van der Waals surface area (Å²) in [6.45, 7) is 7.41. The number of carbonyl (C=O) groups is 3. The molecule has 2 aliphatic heterocycles. The topological polar surface area (TPSA) is 131 Å². The van der Waals surface area contributed by atoms with Crippen LogP contribution in [0.15, 0.2) is 72.8 Å². The molecule has 1 saturated heterocycles. The van der Waals surface area contributed by atoms with Gasteiger partial charge in [-0.25, -0.2) is 9.59 Å². The van der Waals surface area contributed by atoms with Crippen LogP contribution in [-0.2, 0) is 27.2 Å². The van der Waals surface area contributed by atoms with Gasteiger partial charge in [0.2, 0.25) is 5.91 Å². The Morgan fingerprint density at radius 2 is 1.55 bits per heavy atom. The molecule has 3 aromatic carbocycles. The fourth-order valence-electron chi connectivity index (χ4n) is 5.51. The number of piperazine rings is 1. The minimum atomic E-state index is -1.82. The van der Waals surface area contributed by atoms with Crippen LogP contribution in [0.5, 0.6) is 5.75 Å². The number of carboxylic acid groups (broad SMARTS) is 2. The van der Waals surface area contributed by atoms with Gasteiger partial charge in [0.15, 0.2) is 0 Å². The lowest BCUT2D eigenvalue weighted by molar-refractivity contribution is -0.159. The van der Waals surface area contributed by atoms with Crippen LogP contribution in [0.4, 0.5) is 11.4 Å². The highest BCUT2D eigenvalue weighted by Crippen LogP contribution is 2.35. The maximum Gasteiger partial charge on any atom is 0.414 e. The van der Waals surface area contributed by atoms with Crippen molar-refractivity contribution in [3.05, 3.63) is 89.5 Å². The van der Waals surface area contributed by atoms with Gasteiger partial charge < -0.3 is 29.9 Å². The largest absolute Gasteiger partial charge is 0.490 e. The number of amides is 1. The number of hydrogen-bond acceptors (Lipinski definition) is 7. The molecule has 0 aromatic heterocycles. The highest BCUT2D eigenvalue weighted by Gasteiger charge is 2.27. The average Bonchev–Trinajstić information content (AvgIpc) is 3.02. The van der Waals surface area contributed by atoms with Crippen LogP contribution >= 0.6 is 0 Å². The van der Waals surface area contributed by atoms with Gasteiger partial charge in [-0.15, -0.1) is 0 Å². The third-order valence-corrected chi connectivity index (χ3v) is 7.83. The Balaban J connectivity index is 0.000000670. The Kier molecular flexibility index (Phi) is 11.7. The fraction of sp³-hybridized carbons (Fsp3) is 0.382. The number of aliphatic hydroxyl groups is 1. The number of rotatable bonds is 10. The summed E-state index contributed by atoms with van der Waals surface area (Å²) in [6.07, 6.45) is 2.46. The molecule has 2 heterocycles. The quantitative estimate of drug-likeness (QED) is 0.298. The third-order valence-electron chi connectivity index (χ3n) is 7.83. The van der Waals surface area contributed by atoms with Gasteiger partial charge in [-0.05, 0) is 56.0 Å². The van der Waals surface area contributed by atoms with Gasteiger partial charge in [0.05, 0.1) is 5.69 Å². The first-order chi connectivity index (χ1) is 21.2. The lowest BCUT2D eigenvalue weighted by Gasteiger charge is -2.37. The van der Waals surface area contributed by atoms with Crippen LogP contribution in [0.2, 0.25) is 0 Å². The summed E-state index contributed by atoms with van der Waals surface area (Å²) in [5.74, 6) is -2.69. The molecule has 1 unspecified atom stereocenters. The Morgan fingerprint density at radius 1 is 0.864 bits per heavy atom. The molecular weight excluding hydrogens is 562 g/mol. The molecule has 0 spiro atoms. The van der Waals surface area contributed by atoms with Crippen LogP contribution in [0.1, 0.15) is 29.5 Å². The Hall–Kier alpha value is -4.41. The van der Waals surface area contributed by atoms with E-state index in [4.69, 9.17) is 24.5 Å². The summed E-state index contributed by atoms with van der Waals surface area (Å²) in [4.78, 5) is 37.6. The molecule has 10 nitrogen and oxygen atoms in total. The van der Waals surface area contributed by atoms with E-state index in [0.29, 0.717) is 25.9 Å². The second kappa shape index (κ2) is 15.9. The SMILES string of the molecule is Cc1ccc(N2CCN(CC(O)COc3cccc4c3CCC(=O)N4CCCc3ccccc3)CC2)cc1.O=C(O)C(=O)O. The van der Waals surface area contributed by atoms with Crippen LogP contribution in [0, 0.1) is 6.92 Å². The summed E-state index contributed by atoms with van der Waals surface area (Å²) in [6, 6.07) is 25.0. The monoisotopic (exact) mass is 603 g/mol. The van der Waals surface area contributed by atoms with Crippen molar-refractivity contribution >= 4 is 29.2 Å². The van der Waals surface area contributed by atoms with Crippen LogP contribution in [-0.4, -0.2) is 90.0 Å². The molecule has 3 N–H and O–H groups in total. The van der Waals surface area contributed by atoms with Gasteiger partial charge in [-0.3, -0.25) is 9.69 Å². The van der Waals surface area contributed by atoms with E-state index in [1.807, 2.05) is 29.2 Å². The van der Waals surface area contributed by atoms with Gasteiger partial charge in [0.25, 0.3) is 0 Å². The molecular formula is C34H41N3O7. The molecule has 10 heteroatoms. The molecule has 0 radical (unpaired) electrons. The summed E-state index contributed by atoms with van der Waals surface area (Å²) in [5, 5.41) is 25.5. The minimum absolute atomic E-state index is 0.174. The Bertz CT molecular complexity index is 1380. The van der Waals surface area contributed by atoms with Gasteiger partial charge in [-0.2, -0.15) is 0 Å². The number of carbonyl (C=O) groups excluding carboxylic acids is 1. The van der Waals surface area contributed by atoms with Crippen molar-refractivity contribution in [2.75, 3.05) is 55.7 Å².